The van der Waals surface area contributed by atoms with Crippen molar-refractivity contribution in [3.8, 4) is 11.8 Å². The van der Waals surface area contributed by atoms with E-state index in [1.165, 1.54) is 0 Å². The van der Waals surface area contributed by atoms with Crippen molar-refractivity contribution in [1.82, 2.24) is 9.55 Å². The second-order valence-corrected chi connectivity index (χ2v) is 3.19. The summed E-state index contributed by atoms with van der Waals surface area (Å²) in [6.07, 6.45) is 3.52. The van der Waals surface area contributed by atoms with Crippen LogP contribution >= 0.6 is 0 Å². The summed E-state index contributed by atoms with van der Waals surface area (Å²) in [6.45, 7) is 1.89. The van der Waals surface area contributed by atoms with Crippen molar-refractivity contribution in [1.29, 1.82) is 5.26 Å². The number of hydrogen-bond acceptors (Lipinski definition) is 3. The lowest BCUT2D eigenvalue weighted by Gasteiger charge is -2.09. The third-order valence-electron chi connectivity index (χ3n) is 2.29. The molecule has 0 radical (unpaired) electrons. The van der Waals surface area contributed by atoms with Crippen LogP contribution in [0.4, 0.5) is 5.69 Å². The van der Waals surface area contributed by atoms with Crippen LogP contribution in [0.5, 0.6) is 0 Å². The Labute approximate surface area is 87.6 Å². The quantitative estimate of drug-likeness (QED) is 0.708. The van der Waals surface area contributed by atoms with E-state index in [4.69, 9.17) is 11.0 Å². The van der Waals surface area contributed by atoms with Crippen LogP contribution in [-0.4, -0.2) is 9.55 Å². The molecule has 0 saturated heterocycles. The Morgan fingerprint density at radius 3 is 2.87 bits per heavy atom. The molecule has 1 heterocycles. The SMILES string of the molecule is Cc1nccn1-c1cccc(C#N)c1N. The van der Waals surface area contributed by atoms with Gasteiger partial charge in [0.25, 0.3) is 0 Å². The van der Waals surface area contributed by atoms with Gasteiger partial charge in [-0.05, 0) is 19.1 Å². The van der Waals surface area contributed by atoms with Gasteiger partial charge in [0.2, 0.25) is 0 Å². The number of imidazole rings is 1. The molecule has 4 nitrogen and oxygen atoms in total. The zero-order valence-corrected chi connectivity index (χ0v) is 8.31. The van der Waals surface area contributed by atoms with Crippen LogP contribution in [0, 0.1) is 18.3 Å². The second-order valence-electron chi connectivity index (χ2n) is 3.19. The van der Waals surface area contributed by atoms with Crippen molar-refractivity contribution in [3.05, 3.63) is 42.0 Å². The van der Waals surface area contributed by atoms with Gasteiger partial charge in [0, 0.05) is 12.4 Å². The molecule has 2 rings (SSSR count). The molecule has 1 aromatic heterocycles. The first-order chi connectivity index (χ1) is 7.24. The van der Waals surface area contributed by atoms with Gasteiger partial charge in [-0.15, -0.1) is 0 Å². The maximum Gasteiger partial charge on any atom is 0.110 e. The number of benzene rings is 1. The number of hydrogen-bond donors (Lipinski definition) is 1. The fourth-order valence-electron chi connectivity index (χ4n) is 1.49. The van der Waals surface area contributed by atoms with E-state index in [1.54, 1.807) is 12.3 Å². The third kappa shape index (κ3) is 1.44. The summed E-state index contributed by atoms with van der Waals surface area (Å²) in [5.41, 5.74) is 7.65. The van der Waals surface area contributed by atoms with Crippen molar-refractivity contribution < 1.29 is 0 Å². The highest BCUT2D eigenvalue weighted by molar-refractivity contribution is 5.66. The van der Waals surface area contributed by atoms with Crippen molar-refractivity contribution in [2.24, 2.45) is 0 Å². The summed E-state index contributed by atoms with van der Waals surface area (Å²) in [5, 5.41) is 8.85. The van der Waals surface area contributed by atoms with E-state index >= 15 is 0 Å². The van der Waals surface area contributed by atoms with Crippen molar-refractivity contribution in [2.75, 3.05) is 5.73 Å². The highest BCUT2D eigenvalue weighted by Gasteiger charge is 2.07. The molecule has 0 aliphatic rings. The van der Waals surface area contributed by atoms with Gasteiger partial charge in [0.1, 0.15) is 11.9 Å². The minimum absolute atomic E-state index is 0.487. The molecule has 1 aromatic carbocycles. The van der Waals surface area contributed by atoms with Crippen LogP contribution in [0.15, 0.2) is 30.6 Å². The second kappa shape index (κ2) is 3.46. The lowest BCUT2D eigenvalue weighted by Crippen LogP contribution is -2.02. The smallest absolute Gasteiger partial charge is 0.110 e. The van der Waals surface area contributed by atoms with Crippen LogP contribution in [0.1, 0.15) is 11.4 Å². The number of aryl methyl sites for hydroxylation is 1. The molecule has 0 amide bonds. The molecule has 2 N–H and O–H groups in total. The summed E-state index contributed by atoms with van der Waals surface area (Å²) in [4.78, 5) is 4.11. The van der Waals surface area contributed by atoms with Crippen molar-refractivity contribution >= 4 is 5.69 Å². The first-order valence-corrected chi connectivity index (χ1v) is 4.53. The third-order valence-corrected chi connectivity index (χ3v) is 2.29. The van der Waals surface area contributed by atoms with E-state index in [-0.39, 0.29) is 0 Å². The molecular weight excluding hydrogens is 188 g/mol. The van der Waals surface area contributed by atoms with Crippen LogP contribution in [0.25, 0.3) is 5.69 Å². The fraction of sp³-hybridized carbons (Fsp3) is 0.0909. The number of para-hydroxylation sites is 1. The number of nitrogens with two attached hydrogens (primary N) is 1. The number of nitrogen functional groups attached to an aromatic ring is 1. The zero-order valence-electron chi connectivity index (χ0n) is 8.31. The molecule has 4 heteroatoms. The van der Waals surface area contributed by atoms with Gasteiger partial charge in [-0.3, -0.25) is 0 Å². The number of aromatic nitrogens is 2. The summed E-state index contributed by atoms with van der Waals surface area (Å²) in [7, 11) is 0. The Hall–Kier alpha value is -2.28. The maximum atomic E-state index is 8.85. The van der Waals surface area contributed by atoms with Gasteiger partial charge in [-0.1, -0.05) is 6.07 Å². The van der Waals surface area contributed by atoms with E-state index in [0.717, 1.165) is 11.5 Å². The Balaban J connectivity index is 2.65. The lowest BCUT2D eigenvalue weighted by molar-refractivity contribution is 0.976. The van der Waals surface area contributed by atoms with Crippen LogP contribution < -0.4 is 5.73 Å². The first kappa shape index (κ1) is 9.28. The topological polar surface area (TPSA) is 67.6 Å². The number of rotatable bonds is 1. The molecule has 0 saturated carbocycles. The molecule has 2 aromatic rings. The molecule has 0 spiro atoms. The molecule has 0 aliphatic carbocycles. The number of nitriles is 1. The molecule has 0 fully saturated rings. The van der Waals surface area contributed by atoms with E-state index in [2.05, 4.69) is 11.1 Å². The lowest BCUT2D eigenvalue weighted by atomic mass is 10.1. The Morgan fingerprint density at radius 1 is 1.47 bits per heavy atom. The van der Waals surface area contributed by atoms with Gasteiger partial charge in [-0.25, -0.2) is 4.98 Å². The average molecular weight is 198 g/mol. The largest absolute Gasteiger partial charge is 0.396 e. The number of anilines is 1. The molecule has 15 heavy (non-hydrogen) atoms. The predicted molar refractivity (Wildman–Crippen MR) is 57.4 cm³/mol. The molecule has 0 atom stereocenters. The first-order valence-electron chi connectivity index (χ1n) is 4.53. The summed E-state index contributed by atoms with van der Waals surface area (Å²) >= 11 is 0. The molecule has 0 aliphatic heterocycles. The summed E-state index contributed by atoms with van der Waals surface area (Å²) in [5.74, 6) is 0.844. The standard InChI is InChI=1S/C11H10N4/c1-8-14-5-6-15(8)10-4-2-3-9(7-12)11(10)13/h2-6H,13H2,1H3. The minimum Gasteiger partial charge on any atom is -0.396 e. The molecule has 0 unspecified atom stereocenters. The van der Waals surface area contributed by atoms with Gasteiger partial charge < -0.3 is 10.3 Å². The highest BCUT2D eigenvalue weighted by atomic mass is 15.1. The Kier molecular flexibility index (Phi) is 2.14. The van der Waals surface area contributed by atoms with Crippen LogP contribution in [0.3, 0.4) is 0 Å². The van der Waals surface area contributed by atoms with Gasteiger partial charge in [0.15, 0.2) is 0 Å². The molecule has 74 valence electrons. The van der Waals surface area contributed by atoms with E-state index in [1.807, 2.05) is 29.8 Å². The van der Waals surface area contributed by atoms with E-state index in [0.29, 0.717) is 11.3 Å². The van der Waals surface area contributed by atoms with Gasteiger partial charge in [0.05, 0.1) is 16.9 Å². The van der Waals surface area contributed by atoms with Crippen LogP contribution in [0.2, 0.25) is 0 Å². The minimum atomic E-state index is 0.487. The van der Waals surface area contributed by atoms with Crippen molar-refractivity contribution in [2.45, 2.75) is 6.92 Å². The summed E-state index contributed by atoms with van der Waals surface area (Å²) in [6, 6.07) is 7.43. The average Bonchev–Trinajstić information content (AvgIpc) is 2.65. The number of nitrogens with zero attached hydrogens (tertiary/aromatic N) is 3. The Bertz CT molecular complexity index is 534. The van der Waals surface area contributed by atoms with E-state index in [9.17, 15) is 0 Å². The summed E-state index contributed by atoms with van der Waals surface area (Å²) < 4.78 is 1.86. The van der Waals surface area contributed by atoms with Gasteiger partial charge in [-0.2, -0.15) is 5.26 Å². The Morgan fingerprint density at radius 2 is 2.27 bits per heavy atom. The fourth-order valence-corrected chi connectivity index (χ4v) is 1.49. The highest BCUT2D eigenvalue weighted by Crippen LogP contribution is 2.21. The van der Waals surface area contributed by atoms with E-state index < -0.39 is 0 Å². The van der Waals surface area contributed by atoms with Gasteiger partial charge >= 0.3 is 0 Å². The molecule has 0 bridgehead atoms. The zero-order chi connectivity index (χ0) is 10.8. The van der Waals surface area contributed by atoms with Crippen LogP contribution in [-0.2, 0) is 0 Å². The normalized spacial score (nSPS) is 9.87. The maximum absolute atomic E-state index is 8.85. The monoisotopic (exact) mass is 198 g/mol. The van der Waals surface area contributed by atoms with Crippen molar-refractivity contribution in [3.63, 3.8) is 0 Å². The predicted octanol–water partition coefficient (Wildman–Crippen LogP) is 1.63. The molecular formula is C11H10N4.